The van der Waals surface area contributed by atoms with E-state index in [1.165, 1.54) is 10.4 Å². The molecule has 6 heteroatoms. The van der Waals surface area contributed by atoms with Crippen molar-refractivity contribution < 1.29 is 13.5 Å². The standard InChI is InChI=1S/C23H29NO3SSi/c1-6-22(23(25)16-17-29(3,4)5)24(18-20-10-8-7-9-11-20)28(26,27)21-14-12-19(2)13-15-21/h6-15,22-23,25H,1,18H2,2-5H3/t22-,23+/m0/s1. The van der Waals surface area contributed by atoms with E-state index in [2.05, 4.69) is 37.7 Å². The average molecular weight is 428 g/mol. The molecule has 0 aromatic heterocycles. The predicted molar refractivity (Wildman–Crippen MR) is 121 cm³/mol. The second kappa shape index (κ2) is 9.55. The Kier molecular flexibility index (Phi) is 7.61. The van der Waals surface area contributed by atoms with Gasteiger partial charge in [0, 0.05) is 6.54 Å². The molecule has 0 aliphatic rings. The third kappa shape index (κ3) is 6.41. The fourth-order valence-corrected chi connectivity index (χ4v) is 4.91. The second-order valence-electron chi connectivity index (χ2n) is 8.04. The maximum absolute atomic E-state index is 13.5. The first-order valence-corrected chi connectivity index (χ1v) is 14.4. The van der Waals surface area contributed by atoms with Crippen molar-refractivity contribution in [1.82, 2.24) is 4.31 Å². The SMILES string of the molecule is C=C[C@@H]([C@H](O)C#C[Si](C)(C)C)N(Cc1ccccc1)S(=O)(=O)c1ccc(C)cc1. The summed E-state index contributed by atoms with van der Waals surface area (Å²) in [7, 11) is -5.61. The van der Waals surface area contributed by atoms with Crippen molar-refractivity contribution in [3.8, 4) is 11.5 Å². The molecular weight excluding hydrogens is 398 g/mol. The molecule has 0 fully saturated rings. The number of hydrogen-bond acceptors (Lipinski definition) is 3. The van der Waals surface area contributed by atoms with Crippen LogP contribution in [0.3, 0.4) is 0 Å². The predicted octanol–water partition coefficient (Wildman–Crippen LogP) is 3.98. The van der Waals surface area contributed by atoms with E-state index >= 15 is 0 Å². The van der Waals surface area contributed by atoms with Crippen molar-refractivity contribution in [3.05, 3.63) is 78.4 Å². The lowest BCUT2D eigenvalue weighted by molar-refractivity contribution is 0.157. The third-order valence-corrected chi connectivity index (χ3v) is 7.05. The van der Waals surface area contributed by atoms with Gasteiger partial charge in [-0.25, -0.2) is 8.42 Å². The maximum Gasteiger partial charge on any atom is 0.244 e. The van der Waals surface area contributed by atoms with E-state index in [4.69, 9.17) is 0 Å². The summed E-state index contributed by atoms with van der Waals surface area (Å²) in [5.41, 5.74) is 4.92. The Morgan fingerprint density at radius 2 is 1.69 bits per heavy atom. The van der Waals surface area contributed by atoms with Crippen LogP contribution in [-0.2, 0) is 16.6 Å². The fraction of sp³-hybridized carbons (Fsp3) is 0.304. The average Bonchev–Trinajstić information content (AvgIpc) is 2.66. The summed E-state index contributed by atoms with van der Waals surface area (Å²) in [6, 6.07) is 15.1. The summed E-state index contributed by atoms with van der Waals surface area (Å²) >= 11 is 0. The summed E-state index contributed by atoms with van der Waals surface area (Å²) in [6.45, 7) is 12.0. The molecule has 0 heterocycles. The van der Waals surface area contributed by atoms with E-state index in [1.807, 2.05) is 37.3 Å². The van der Waals surface area contributed by atoms with Gasteiger partial charge < -0.3 is 5.11 Å². The van der Waals surface area contributed by atoms with Gasteiger partial charge in [-0.1, -0.05) is 79.7 Å². The van der Waals surface area contributed by atoms with E-state index in [-0.39, 0.29) is 11.4 Å². The van der Waals surface area contributed by atoms with Crippen LogP contribution < -0.4 is 0 Å². The number of hydrogen-bond donors (Lipinski definition) is 1. The van der Waals surface area contributed by atoms with Gasteiger partial charge in [-0.15, -0.1) is 12.1 Å². The molecule has 0 saturated carbocycles. The van der Waals surface area contributed by atoms with Crippen LogP contribution in [0.4, 0.5) is 0 Å². The van der Waals surface area contributed by atoms with Gasteiger partial charge in [0.1, 0.15) is 14.2 Å². The van der Waals surface area contributed by atoms with Crippen LogP contribution in [0.2, 0.25) is 19.6 Å². The Labute approximate surface area is 176 Å². The molecule has 2 aromatic carbocycles. The van der Waals surface area contributed by atoms with Crippen LogP contribution in [0.15, 0.2) is 72.1 Å². The van der Waals surface area contributed by atoms with Gasteiger partial charge in [0.15, 0.2) is 0 Å². The Bertz CT molecular complexity index is 984. The van der Waals surface area contributed by atoms with Crippen molar-refractivity contribution in [2.45, 2.75) is 50.2 Å². The van der Waals surface area contributed by atoms with Gasteiger partial charge in [0.2, 0.25) is 10.0 Å². The molecule has 4 nitrogen and oxygen atoms in total. The van der Waals surface area contributed by atoms with E-state index in [0.29, 0.717) is 0 Å². The first kappa shape index (κ1) is 23.1. The molecule has 2 aromatic rings. The molecule has 2 rings (SSSR count). The van der Waals surface area contributed by atoms with Crippen LogP contribution in [0.25, 0.3) is 0 Å². The van der Waals surface area contributed by atoms with E-state index in [1.54, 1.807) is 24.3 Å². The Balaban J connectivity index is 2.51. The van der Waals surface area contributed by atoms with E-state index in [0.717, 1.165) is 11.1 Å². The summed E-state index contributed by atoms with van der Waals surface area (Å²) in [4.78, 5) is 0.177. The zero-order chi connectivity index (χ0) is 21.7. The molecule has 0 aliphatic carbocycles. The number of sulfonamides is 1. The first-order chi connectivity index (χ1) is 13.5. The van der Waals surface area contributed by atoms with Crippen LogP contribution >= 0.6 is 0 Å². The molecule has 0 aliphatic heterocycles. The molecule has 0 bridgehead atoms. The Morgan fingerprint density at radius 1 is 1.10 bits per heavy atom. The molecule has 1 N–H and O–H groups in total. The zero-order valence-corrected chi connectivity index (χ0v) is 19.3. The minimum absolute atomic E-state index is 0.111. The van der Waals surface area contributed by atoms with Gasteiger partial charge in [-0.3, -0.25) is 0 Å². The number of benzene rings is 2. The highest BCUT2D eigenvalue weighted by Gasteiger charge is 2.33. The van der Waals surface area contributed by atoms with E-state index in [9.17, 15) is 13.5 Å². The summed E-state index contributed by atoms with van der Waals surface area (Å²) in [6.07, 6.45) is 0.293. The first-order valence-electron chi connectivity index (χ1n) is 9.50. The normalized spacial score (nSPS) is 14.0. The highest BCUT2D eigenvalue weighted by molar-refractivity contribution is 7.89. The number of rotatable bonds is 7. The lowest BCUT2D eigenvalue weighted by atomic mass is 10.1. The van der Waals surface area contributed by atoms with Gasteiger partial charge in [-0.05, 0) is 24.6 Å². The molecule has 0 amide bonds. The number of nitrogens with zero attached hydrogens (tertiary/aromatic N) is 1. The molecule has 0 unspecified atom stereocenters. The van der Waals surface area contributed by atoms with Crippen LogP contribution in [0, 0.1) is 18.4 Å². The lowest BCUT2D eigenvalue weighted by Crippen LogP contribution is -2.45. The molecular formula is C23H29NO3SSi. The van der Waals surface area contributed by atoms with Crippen molar-refractivity contribution >= 4 is 18.1 Å². The van der Waals surface area contributed by atoms with E-state index < -0.39 is 30.2 Å². The highest BCUT2D eigenvalue weighted by Crippen LogP contribution is 2.24. The third-order valence-electron chi connectivity index (χ3n) is 4.30. The van der Waals surface area contributed by atoms with Gasteiger partial charge in [0.25, 0.3) is 0 Å². The highest BCUT2D eigenvalue weighted by atomic mass is 32.2. The summed E-state index contributed by atoms with van der Waals surface area (Å²) < 4.78 is 28.2. The largest absolute Gasteiger partial charge is 0.378 e. The summed E-state index contributed by atoms with van der Waals surface area (Å²) in [5.74, 6) is 2.86. The van der Waals surface area contributed by atoms with Crippen molar-refractivity contribution in [3.63, 3.8) is 0 Å². The summed E-state index contributed by atoms with van der Waals surface area (Å²) in [5, 5.41) is 10.7. The molecule has 29 heavy (non-hydrogen) atoms. The van der Waals surface area contributed by atoms with Gasteiger partial charge in [0.05, 0.1) is 10.9 Å². The molecule has 0 saturated heterocycles. The number of aliphatic hydroxyl groups excluding tert-OH is 1. The molecule has 154 valence electrons. The van der Waals surface area contributed by atoms with Crippen molar-refractivity contribution in [2.75, 3.05) is 0 Å². The quantitative estimate of drug-likeness (QED) is 0.413. The topological polar surface area (TPSA) is 57.6 Å². The second-order valence-corrected chi connectivity index (χ2v) is 14.7. The molecule has 0 radical (unpaired) electrons. The lowest BCUT2D eigenvalue weighted by Gasteiger charge is -2.30. The van der Waals surface area contributed by atoms with Crippen LogP contribution in [0.5, 0.6) is 0 Å². The minimum Gasteiger partial charge on any atom is -0.378 e. The smallest absolute Gasteiger partial charge is 0.244 e. The van der Waals surface area contributed by atoms with Crippen LogP contribution in [0.1, 0.15) is 11.1 Å². The monoisotopic (exact) mass is 427 g/mol. The number of aliphatic hydroxyl groups is 1. The van der Waals surface area contributed by atoms with Crippen molar-refractivity contribution in [1.29, 1.82) is 0 Å². The Morgan fingerprint density at radius 3 is 2.21 bits per heavy atom. The van der Waals surface area contributed by atoms with Crippen molar-refractivity contribution in [2.24, 2.45) is 0 Å². The molecule has 0 spiro atoms. The van der Waals surface area contributed by atoms with Crippen LogP contribution in [-0.4, -0.2) is 38.0 Å². The maximum atomic E-state index is 13.5. The zero-order valence-electron chi connectivity index (χ0n) is 17.5. The molecule has 2 atom stereocenters. The van der Waals surface area contributed by atoms with Gasteiger partial charge >= 0.3 is 0 Å². The Hall–Kier alpha value is -2.17. The fourth-order valence-electron chi connectivity index (χ4n) is 2.74. The van der Waals surface area contributed by atoms with Gasteiger partial charge in [-0.2, -0.15) is 4.31 Å². The number of aryl methyl sites for hydroxylation is 1. The minimum atomic E-state index is -3.88.